The first-order valence-corrected chi connectivity index (χ1v) is 11.3. The highest BCUT2D eigenvalue weighted by atomic mass is 32.2. The minimum atomic E-state index is -3.79. The van der Waals surface area contributed by atoms with Gasteiger partial charge in [-0.25, -0.2) is 13.4 Å². The van der Waals surface area contributed by atoms with E-state index in [1.807, 2.05) is 19.2 Å². The molecule has 27 heavy (non-hydrogen) atoms. The fourth-order valence-electron chi connectivity index (χ4n) is 3.19. The Kier molecular flexibility index (Phi) is 4.79. The predicted molar refractivity (Wildman–Crippen MR) is 104 cm³/mol. The molecule has 3 aromatic heterocycles. The Morgan fingerprint density at radius 1 is 1.26 bits per heavy atom. The number of anilines is 1. The molecule has 0 spiro atoms. The Balaban J connectivity index is 1.97. The number of nitrogens with one attached hydrogen (secondary N) is 1. The highest BCUT2D eigenvalue weighted by Gasteiger charge is 2.30. The van der Waals surface area contributed by atoms with Crippen LogP contribution in [0.5, 0.6) is 0 Å². The van der Waals surface area contributed by atoms with Crippen LogP contribution in [0.1, 0.15) is 5.69 Å². The van der Waals surface area contributed by atoms with Crippen molar-refractivity contribution in [2.45, 2.75) is 21.7 Å². The van der Waals surface area contributed by atoms with Gasteiger partial charge in [0.25, 0.3) is 0 Å². The topological polar surface area (TPSA) is 92.5 Å². The van der Waals surface area contributed by atoms with Gasteiger partial charge in [0, 0.05) is 50.3 Å². The van der Waals surface area contributed by atoms with Gasteiger partial charge in [-0.15, -0.1) is 11.8 Å². The Labute approximate surface area is 161 Å². The lowest BCUT2D eigenvalue weighted by atomic mass is 10.3. The molecule has 10 heteroatoms. The van der Waals surface area contributed by atoms with Crippen molar-refractivity contribution in [3.8, 4) is 0 Å². The van der Waals surface area contributed by atoms with Gasteiger partial charge < -0.3 is 10.2 Å². The average molecular weight is 405 g/mol. The minimum Gasteiger partial charge on any atom is -0.354 e. The van der Waals surface area contributed by atoms with Gasteiger partial charge in [-0.1, -0.05) is 0 Å². The molecule has 0 radical (unpaired) electrons. The zero-order chi connectivity index (χ0) is 19.0. The summed E-state index contributed by atoms with van der Waals surface area (Å²) in [4.78, 5) is 11.0. The summed E-state index contributed by atoms with van der Waals surface area (Å²) in [6.07, 6.45) is 4.73. The lowest BCUT2D eigenvalue weighted by Crippen LogP contribution is -2.44. The van der Waals surface area contributed by atoms with Gasteiger partial charge in [0.05, 0.1) is 4.90 Å². The van der Waals surface area contributed by atoms with Crippen LogP contribution in [0.2, 0.25) is 0 Å². The largest absolute Gasteiger partial charge is 0.354 e. The van der Waals surface area contributed by atoms with Crippen LogP contribution in [-0.2, 0) is 9.84 Å². The van der Waals surface area contributed by atoms with E-state index in [4.69, 9.17) is 0 Å². The fraction of sp³-hybridized carbons (Fsp3) is 0.353. The second-order valence-electron chi connectivity index (χ2n) is 6.26. The molecule has 0 saturated carbocycles. The number of sulfone groups is 1. The monoisotopic (exact) mass is 404 g/mol. The number of rotatable bonds is 4. The molecule has 142 valence electrons. The Morgan fingerprint density at radius 2 is 2.04 bits per heavy atom. The van der Waals surface area contributed by atoms with Crippen molar-refractivity contribution in [3.63, 3.8) is 0 Å². The third-order valence-corrected chi connectivity index (χ3v) is 7.05. The summed E-state index contributed by atoms with van der Waals surface area (Å²) in [5, 5.41) is 8.36. The highest BCUT2D eigenvalue weighted by Crippen LogP contribution is 2.34. The van der Waals surface area contributed by atoms with E-state index in [9.17, 15) is 8.42 Å². The standard InChI is InChI=1S/C17H20N6O2S2/c1-12-10-14(22-8-6-18-7-9-22)23-16(20-12)15(17(21-23)26-2)27(24,25)13-4-3-5-19-11-13/h3-5,10-11,18H,6-9H2,1-2H3. The van der Waals surface area contributed by atoms with Crippen LogP contribution in [-0.4, -0.2) is 60.4 Å². The predicted octanol–water partition coefficient (Wildman–Crippen LogP) is 1.40. The second kappa shape index (κ2) is 7.10. The van der Waals surface area contributed by atoms with Gasteiger partial charge in [-0.3, -0.25) is 4.98 Å². The van der Waals surface area contributed by atoms with Crippen LogP contribution < -0.4 is 10.2 Å². The number of piperazine rings is 1. The quantitative estimate of drug-likeness (QED) is 0.653. The zero-order valence-electron chi connectivity index (χ0n) is 15.1. The van der Waals surface area contributed by atoms with Gasteiger partial charge in [-0.05, 0) is 25.3 Å². The summed E-state index contributed by atoms with van der Waals surface area (Å²) in [6.45, 7) is 5.29. The van der Waals surface area contributed by atoms with E-state index in [2.05, 4.69) is 25.3 Å². The molecule has 0 unspecified atom stereocenters. The zero-order valence-corrected chi connectivity index (χ0v) is 16.7. The van der Waals surface area contributed by atoms with E-state index >= 15 is 0 Å². The number of thioether (sulfide) groups is 1. The number of pyridine rings is 1. The van der Waals surface area contributed by atoms with Crippen molar-refractivity contribution in [2.75, 3.05) is 37.3 Å². The second-order valence-corrected chi connectivity index (χ2v) is 8.94. The van der Waals surface area contributed by atoms with E-state index in [0.29, 0.717) is 10.7 Å². The van der Waals surface area contributed by atoms with Crippen LogP contribution in [0.4, 0.5) is 5.82 Å². The summed E-state index contributed by atoms with van der Waals surface area (Å²) >= 11 is 1.30. The number of nitrogens with zero attached hydrogens (tertiary/aromatic N) is 5. The lowest BCUT2D eigenvalue weighted by molar-refractivity contribution is 0.579. The molecular weight excluding hydrogens is 384 g/mol. The molecule has 1 aliphatic rings. The molecule has 3 aromatic rings. The molecule has 0 atom stereocenters. The van der Waals surface area contributed by atoms with Gasteiger partial charge in [0.1, 0.15) is 10.8 Å². The van der Waals surface area contributed by atoms with Crippen molar-refractivity contribution >= 4 is 33.1 Å². The Bertz CT molecular complexity index is 1080. The normalized spacial score (nSPS) is 15.4. The summed E-state index contributed by atoms with van der Waals surface area (Å²) in [5.41, 5.74) is 1.11. The third kappa shape index (κ3) is 3.17. The fourth-order valence-corrected chi connectivity index (χ4v) is 5.55. The van der Waals surface area contributed by atoms with E-state index in [0.717, 1.165) is 37.7 Å². The van der Waals surface area contributed by atoms with Crippen LogP contribution in [0.3, 0.4) is 0 Å². The summed E-state index contributed by atoms with van der Waals surface area (Å²) < 4.78 is 28.3. The number of hydrogen-bond acceptors (Lipinski definition) is 8. The maximum Gasteiger partial charge on any atom is 0.214 e. The van der Waals surface area contributed by atoms with Crippen LogP contribution in [0, 0.1) is 6.92 Å². The SMILES string of the molecule is CSc1nn2c(N3CCNCC3)cc(C)nc2c1S(=O)(=O)c1cccnc1. The number of fused-ring (bicyclic) bond motifs is 1. The molecule has 1 N–H and O–H groups in total. The first-order chi connectivity index (χ1) is 13.0. The highest BCUT2D eigenvalue weighted by molar-refractivity contribution is 7.99. The molecule has 0 aromatic carbocycles. The summed E-state index contributed by atoms with van der Waals surface area (Å²) in [6, 6.07) is 5.11. The summed E-state index contributed by atoms with van der Waals surface area (Å²) in [5.74, 6) is 0.863. The average Bonchev–Trinajstić information content (AvgIpc) is 3.08. The van der Waals surface area contributed by atoms with Gasteiger partial charge in [0.2, 0.25) is 9.84 Å². The van der Waals surface area contributed by atoms with Crippen molar-refractivity contribution in [1.29, 1.82) is 0 Å². The third-order valence-electron chi connectivity index (χ3n) is 4.47. The molecular formula is C17H20N6O2S2. The molecule has 1 saturated heterocycles. The van der Waals surface area contributed by atoms with E-state index in [1.165, 1.54) is 18.0 Å². The summed E-state index contributed by atoms with van der Waals surface area (Å²) in [7, 11) is -3.79. The smallest absolute Gasteiger partial charge is 0.214 e. The minimum absolute atomic E-state index is 0.141. The van der Waals surface area contributed by atoms with Crippen LogP contribution in [0.15, 0.2) is 45.4 Å². The van der Waals surface area contributed by atoms with Crippen LogP contribution in [0.25, 0.3) is 5.65 Å². The van der Waals surface area contributed by atoms with Crippen molar-refractivity contribution < 1.29 is 8.42 Å². The maximum absolute atomic E-state index is 13.3. The first kappa shape index (κ1) is 18.2. The molecule has 1 aliphatic heterocycles. The Hall–Kier alpha value is -2.17. The van der Waals surface area contributed by atoms with E-state index in [1.54, 1.807) is 22.8 Å². The lowest BCUT2D eigenvalue weighted by Gasteiger charge is -2.29. The molecule has 4 rings (SSSR count). The molecule has 0 bridgehead atoms. The maximum atomic E-state index is 13.3. The molecule has 0 aliphatic carbocycles. The molecule has 4 heterocycles. The molecule has 0 amide bonds. The Morgan fingerprint density at radius 3 is 2.70 bits per heavy atom. The van der Waals surface area contributed by atoms with Gasteiger partial charge in [-0.2, -0.15) is 9.61 Å². The first-order valence-electron chi connectivity index (χ1n) is 8.57. The van der Waals surface area contributed by atoms with Gasteiger partial charge in [0.15, 0.2) is 10.5 Å². The molecule has 1 fully saturated rings. The van der Waals surface area contributed by atoms with Crippen molar-refractivity contribution in [1.82, 2.24) is 24.9 Å². The van der Waals surface area contributed by atoms with E-state index in [-0.39, 0.29) is 9.79 Å². The number of hydrogen-bond donors (Lipinski definition) is 1. The van der Waals surface area contributed by atoms with Crippen LogP contribution >= 0.6 is 11.8 Å². The number of aryl methyl sites for hydroxylation is 1. The van der Waals surface area contributed by atoms with Crippen molar-refractivity contribution in [2.24, 2.45) is 0 Å². The van der Waals surface area contributed by atoms with Gasteiger partial charge >= 0.3 is 0 Å². The number of aromatic nitrogens is 4. The van der Waals surface area contributed by atoms with E-state index < -0.39 is 9.84 Å². The van der Waals surface area contributed by atoms with Crippen molar-refractivity contribution in [3.05, 3.63) is 36.3 Å². The molecule has 8 nitrogen and oxygen atoms in total.